The number of aromatic nitrogens is 1. The highest BCUT2D eigenvalue weighted by Gasteiger charge is 2.19. The second kappa shape index (κ2) is 5.31. The van der Waals surface area contributed by atoms with Crippen LogP contribution in [0.3, 0.4) is 0 Å². The van der Waals surface area contributed by atoms with Crippen molar-refractivity contribution in [2.24, 2.45) is 0 Å². The van der Waals surface area contributed by atoms with Crippen molar-refractivity contribution in [1.29, 1.82) is 0 Å². The number of amides is 1. The van der Waals surface area contributed by atoms with Crippen LogP contribution in [0.25, 0.3) is 0 Å². The van der Waals surface area contributed by atoms with E-state index in [4.69, 9.17) is 4.52 Å². The molecule has 1 aliphatic rings. The first kappa shape index (κ1) is 12.1. The first-order valence-electron chi connectivity index (χ1n) is 6.12. The molecule has 0 saturated carbocycles. The first-order valence-corrected chi connectivity index (χ1v) is 6.12. The molecule has 1 N–H and O–H groups in total. The summed E-state index contributed by atoms with van der Waals surface area (Å²) in [5, 5.41) is 6.58. The average Bonchev–Trinajstić information content (AvgIpc) is 2.95. The lowest BCUT2D eigenvalue weighted by Crippen LogP contribution is -2.40. The average molecular weight is 237 g/mol. The Morgan fingerprint density at radius 3 is 2.88 bits per heavy atom. The van der Waals surface area contributed by atoms with E-state index in [1.54, 1.807) is 13.0 Å². The van der Waals surface area contributed by atoms with E-state index >= 15 is 0 Å². The van der Waals surface area contributed by atoms with Crippen LogP contribution in [0.1, 0.15) is 36.0 Å². The maximum absolute atomic E-state index is 11.7. The highest BCUT2D eigenvalue weighted by Crippen LogP contribution is 2.10. The van der Waals surface area contributed by atoms with Crippen molar-refractivity contribution in [3.8, 4) is 0 Å². The highest BCUT2D eigenvalue weighted by atomic mass is 16.5. The number of nitrogens with zero attached hydrogens (tertiary/aromatic N) is 2. The molecule has 5 heteroatoms. The van der Waals surface area contributed by atoms with Crippen molar-refractivity contribution in [3.63, 3.8) is 0 Å². The smallest absolute Gasteiger partial charge is 0.273 e. The molecular weight excluding hydrogens is 218 g/mol. The summed E-state index contributed by atoms with van der Waals surface area (Å²) in [6.45, 7) is 6.85. The van der Waals surface area contributed by atoms with Crippen LogP contribution in [0, 0.1) is 6.92 Å². The Labute approximate surface area is 101 Å². The summed E-state index contributed by atoms with van der Waals surface area (Å²) in [6, 6.07) is 2.03. The van der Waals surface area contributed by atoms with Crippen LogP contribution in [-0.4, -0.2) is 41.6 Å². The van der Waals surface area contributed by atoms with Crippen molar-refractivity contribution in [2.45, 2.75) is 32.7 Å². The molecule has 2 heterocycles. The number of hydrogen-bond donors (Lipinski definition) is 1. The molecule has 2 rings (SSSR count). The highest BCUT2D eigenvalue weighted by molar-refractivity contribution is 5.92. The summed E-state index contributed by atoms with van der Waals surface area (Å²) in [4.78, 5) is 14.1. The minimum Gasteiger partial charge on any atom is -0.361 e. The maximum Gasteiger partial charge on any atom is 0.273 e. The van der Waals surface area contributed by atoms with Gasteiger partial charge in [-0.25, -0.2) is 0 Å². The van der Waals surface area contributed by atoms with Gasteiger partial charge in [0.1, 0.15) is 5.76 Å². The van der Waals surface area contributed by atoms with Crippen LogP contribution < -0.4 is 5.32 Å². The molecule has 5 nitrogen and oxygen atoms in total. The normalized spacial score (nSPS) is 18.2. The molecule has 0 bridgehead atoms. The van der Waals surface area contributed by atoms with Gasteiger partial charge in [0.05, 0.1) is 0 Å². The molecule has 0 spiro atoms. The van der Waals surface area contributed by atoms with E-state index in [1.807, 2.05) is 0 Å². The van der Waals surface area contributed by atoms with Gasteiger partial charge in [-0.2, -0.15) is 0 Å². The van der Waals surface area contributed by atoms with E-state index in [1.165, 1.54) is 12.8 Å². The van der Waals surface area contributed by atoms with Gasteiger partial charge in [0.2, 0.25) is 0 Å². The van der Waals surface area contributed by atoms with E-state index in [0.717, 1.165) is 13.1 Å². The quantitative estimate of drug-likeness (QED) is 0.854. The zero-order valence-corrected chi connectivity index (χ0v) is 10.4. The molecule has 0 aromatic carbocycles. The molecule has 17 heavy (non-hydrogen) atoms. The van der Waals surface area contributed by atoms with Crippen LogP contribution >= 0.6 is 0 Å². The Balaban J connectivity index is 1.79. The molecule has 1 aromatic rings. The third-order valence-electron chi connectivity index (χ3n) is 3.18. The zero-order valence-electron chi connectivity index (χ0n) is 10.4. The van der Waals surface area contributed by atoms with E-state index in [0.29, 0.717) is 24.0 Å². The molecule has 1 aliphatic heterocycles. The molecule has 1 fully saturated rings. The molecule has 1 amide bonds. The van der Waals surface area contributed by atoms with E-state index < -0.39 is 0 Å². The predicted octanol–water partition coefficient (Wildman–Crippen LogP) is 1.20. The molecule has 94 valence electrons. The van der Waals surface area contributed by atoms with Crippen LogP contribution in [0.5, 0.6) is 0 Å². The van der Waals surface area contributed by atoms with Gasteiger partial charge in [0.15, 0.2) is 5.69 Å². The van der Waals surface area contributed by atoms with E-state index in [9.17, 15) is 4.79 Å². The van der Waals surface area contributed by atoms with Crippen molar-refractivity contribution in [3.05, 3.63) is 17.5 Å². The van der Waals surface area contributed by atoms with E-state index in [-0.39, 0.29) is 5.91 Å². The van der Waals surface area contributed by atoms with Crippen LogP contribution in [0.15, 0.2) is 10.6 Å². The zero-order chi connectivity index (χ0) is 12.3. The number of carbonyl (C=O) groups excluding carboxylic acids is 1. The molecule has 1 aromatic heterocycles. The summed E-state index contributed by atoms with van der Waals surface area (Å²) in [6.07, 6.45) is 2.53. The lowest BCUT2D eigenvalue weighted by molar-refractivity contribution is 0.0931. The molecule has 0 radical (unpaired) electrons. The van der Waals surface area contributed by atoms with Gasteiger partial charge >= 0.3 is 0 Å². The van der Waals surface area contributed by atoms with Gasteiger partial charge in [0, 0.05) is 18.7 Å². The second-order valence-electron chi connectivity index (χ2n) is 4.62. The largest absolute Gasteiger partial charge is 0.361 e. The van der Waals surface area contributed by atoms with Crippen molar-refractivity contribution in [1.82, 2.24) is 15.4 Å². The molecule has 1 atom stereocenters. The van der Waals surface area contributed by atoms with Crippen molar-refractivity contribution in [2.75, 3.05) is 19.6 Å². The summed E-state index contributed by atoms with van der Waals surface area (Å²) < 4.78 is 4.87. The van der Waals surface area contributed by atoms with Crippen LogP contribution in [0.2, 0.25) is 0 Å². The lowest BCUT2D eigenvalue weighted by Gasteiger charge is -2.23. The molecular formula is C12H19N3O2. The molecule has 1 saturated heterocycles. The number of aryl methyl sites for hydroxylation is 1. The van der Waals surface area contributed by atoms with Gasteiger partial charge in [-0.05, 0) is 39.8 Å². The lowest BCUT2D eigenvalue weighted by atomic mass is 10.3. The minimum atomic E-state index is -0.159. The summed E-state index contributed by atoms with van der Waals surface area (Å²) in [5.41, 5.74) is 0.358. The standard InChI is InChI=1S/C12H19N3O2/c1-9(15-5-3-4-6-15)8-13-12(16)11-7-10(2)17-14-11/h7,9H,3-6,8H2,1-2H3,(H,13,16). The minimum absolute atomic E-state index is 0.159. The monoisotopic (exact) mass is 237 g/mol. The van der Waals surface area contributed by atoms with Gasteiger partial charge < -0.3 is 9.84 Å². The third-order valence-corrected chi connectivity index (χ3v) is 3.18. The Morgan fingerprint density at radius 1 is 1.59 bits per heavy atom. The Kier molecular flexibility index (Phi) is 3.78. The van der Waals surface area contributed by atoms with Crippen LogP contribution in [0.4, 0.5) is 0 Å². The SMILES string of the molecule is Cc1cc(C(=O)NCC(C)N2CCCC2)no1. The number of rotatable bonds is 4. The fourth-order valence-corrected chi connectivity index (χ4v) is 2.12. The van der Waals surface area contributed by atoms with E-state index in [2.05, 4.69) is 22.3 Å². The van der Waals surface area contributed by atoms with Gasteiger partial charge in [-0.3, -0.25) is 9.69 Å². The number of likely N-dealkylation sites (tertiary alicyclic amines) is 1. The van der Waals surface area contributed by atoms with Gasteiger partial charge in [-0.1, -0.05) is 5.16 Å². The summed E-state index contributed by atoms with van der Waals surface area (Å²) >= 11 is 0. The molecule has 1 unspecified atom stereocenters. The van der Waals surface area contributed by atoms with Crippen molar-refractivity contribution >= 4 is 5.91 Å². The third kappa shape index (κ3) is 3.06. The number of carbonyl (C=O) groups is 1. The second-order valence-corrected chi connectivity index (χ2v) is 4.62. The maximum atomic E-state index is 11.7. The predicted molar refractivity (Wildman–Crippen MR) is 63.8 cm³/mol. The fourth-order valence-electron chi connectivity index (χ4n) is 2.12. The number of nitrogens with one attached hydrogen (secondary N) is 1. The Bertz CT molecular complexity index is 383. The fraction of sp³-hybridized carbons (Fsp3) is 0.667. The topological polar surface area (TPSA) is 58.4 Å². The van der Waals surface area contributed by atoms with Gasteiger partial charge in [-0.15, -0.1) is 0 Å². The Morgan fingerprint density at radius 2 is 2.29 bits per heavy atom. The van der Waals surface area contributed by atoms with Gasteiger partial charge in [0.25, 0.3) is 5.91 Å². The summed E-state index contributed by atoms with van der Waals surface area (Å²) in [7, 11) is 0. The number of hydrogen-bond acceptors (Lipinski definition) is 4. The first-order chi connectivity index (χ1) is 8.16. The van der Waals surface area contributed by atoms with Crippen LogP contribution in [-0.2, 0) is 0 Å². The Hall–Kier alpha value is -1.36. The summed E-state index contributed by atoms with van der Waals surface area (Å²) in [5.74, 6) is 0.496. The van der Waals surface area contributed by atoms with Crippen molar-refractivity contribution < 1.29 is 9.32 Å². The molecule has 0 aliphatic carbocycles.